The molecule has 0 aliphatic carbocycles. The molecule has 0 unspecified atom stereocenters. The Morgan fingerprint density at radius 3 is 1.18 bits per heavy atom. The minimum atomic E-state index is -1.01. The van der Waals surface area contributed by atoms with Gasteiger partial charge in [0.2, 0.25) is 0 Å². The molecule has 0 aliphatic rings. The van der Waals surface area contributed by atoms with Gasteiger partial charge in [0, 0.05) is 0 Å². The summed E-state index contributed by atoms with van der Waals surface area (Å²) in [6, 6.07) is -1.01. The summed E-state index contributed by atoms with van der Waals surface area (Å²) in [5.41, 5.74) is 0. The van der Waals surface area contributed by atoms with E-state index in [1.165, 1.54) is 108 Å². The summed E-state index contributed by atoms with van der Waals surface area (Å²) in [7, 11) is 0. The van der Waals surface area contributed by atoms with Gasteiger partial charge in [-0.1, -0.05) is 103 Å². The Morgan fingerprint density at radius 2 is 0.773 bits per heavy atom. The molecule has 0 fully saturated rings. The molecule has 0 rings (SSSR count). The van der Waals surface area contributed by atoms with Gasteiger partial charge in [0.15, 0.2) is 0 Å². The van der Waals surface area contributed by atoms with Crippen LogP contribution < -0.4 is 0 Å². The summed E-state index contributed by atoms with van der Waals surface area (Å²) in [6.07, 6.45) is 23.9. The fourth-order valence-electron chi connectivity index (χ4n) is 3.14. The maximum Gasteiger partial charge on any atom is -0.0235 e. The van der Waals surface area contributed by atoms with Crippen LogP contribution in [0.4, 0.5) is 0 Å². The predicted molar refractivity (Wildman–Crippen MR) is 111 cm³/mol. The molecule has 0 saturated carbocycles. The van der Waals surface area contributed by atoms with Crippen LogP contribution in [-0.4, -0.2) is 18.5 Å². The van der Waals surface area contributed by atoms with Gasteiger partial charge in [-0.3, -0.25) is 0 Å². The van der Waals surface area contributed by atoms with Crippen LogP contribution in [0.1, 0.15) is 111 Å². The molecule has 134 valence electrons. The largest absolute Gasteiger partial charge is 0.0975 e. The first-order valence-electron chi connectivity index (χ1n) is 10.3. The quantitative estimate of drug-likeness (QED) is 0.190. The van der Waals surface area contributed by atoms with Crippen molar-refractivity contribution in [3.8, 4) is 0 Å². The second-order valence-electron chi connectivity index (χ2n) is 7.12. The lowest BCUT2D eigenvalue weighted by Crippen LogP contribution is -2.01. The fraction of sp³-hybridized carbons (Fsp3) is 1.00. The van der Waals surface area contributed by atoms with Gasteiger partial charge >= 0.3 is 0 Å². The smallest absolute Gasteiger partial charge is 0.0235 e. The number of hydrogen-bond acceptors (Lipinski definition) is 1. The van der Waals surface area contributed by atoms with Gasteiger partial charge in [0.05, 0.1) is 0 Å². The van der Waals surface area contributed by atoms with Crippen molar-refractivity contribution < 1.29 is 0 Å². The third-order valence-corrected chi connectivity index (χ3v) is 9.79. The summed E-state index contributed by atoms with van der Waals surface area (Å²) in [4.78, 5) is 0. The fourth-order valence-corrected chi connectivity index (χ4v) is 7.47. The minimum absolute atomic E-state index is 1.01. The molecule has 0 N–H and O–H groups in total. The van der Waals surface area contributed by atoms with Crippen LogP contribution >= 0.6 is 6.04 Å². The van der Waals surface area contributed by atoms with Gasteiger partial charge in [-0.25, -0.2) is 0 Å². The summed E-state index contributed by atoms with van der Waals surface area (Å²) in [5.74, 6) is 0. The molecule has 0 aromatic heterocycles. The van der Waals surface area contributed by atoms with Gasteiger partial charge in [-0.2, -0.15) is 0 Å². The zero-order chi connectivity index (χ0) is 16.5. The summed E-state index contributed by atoms with van der Waals surface area (Å²) < 4.78 is 0. The molecule has 0 aliphatic heterocycles. The van der Waals surface area contributed by atoms with Crippen molar-refractivity contribution in [2.24, 2.45) is 0 Å². The maximum atomic E-state index is 6.18. The standard InChI is InChI=1S/C20H43PS/c1-4-7-10-12-14-16-19-21(22,18-9-6-3)20-17-15-13-11-8-5-2/h4-20H2,1-3H3. The normalized spacial score (nSPS) is 12.0. The molecule has 0 spiro atoms. The molecule has 0 nitrogen and oxygen atoms in total. The molecule has 0 saturated heterocycles. The van der Waals surface area contributed by atoms with E-state index in [0.29, 0.717) is 0 Å². The molecule has 0 aromatic carbocycles. The third kappa shape index (κ3) is 14.3. The van der Waals surface area contributed by atoms with Crippen molar-refractivity contribution in [1.82, 2.24) is 0 Å². The molecule has 2 heteroatoms. The van der Waals surface area contributed by atoms with E-state index in [4.69, 9.17) is 11.8 Å². The zero-order valence-corrected chi connectivity index (χ0v) is 17.6. The van der Waals surface area contributed by atoms with Crippen molar-refractivity contribution in [3.63, 3.8) is 0 Å². The highest BCUT2D eigenvalue weighted by Gasteiger charge is 2.15. The average molecular weight is 347 g/mol. The van der Waals surface area contributed by atoms with Crippen molar-refractivity contribution in [3.05, 3.63) is 0 Å². The number of rotatable bonds is 17. The van der Waals surface area contributed by atoms with E-state index in [2.05, 4.69) is 20.8 Å². The van der Waals surface area contributed by atoms with Crippen LogP contribution in [0, 0.1) is 0 Å². The second-order valence-corrected chi connectivity index (χ2v) is 12.9. The number of hydrogen-bond donors (Lipinski definition) is 0. The van der Waals surface area contributed by atoms with E-state index in [1.807, 2.05) is 0 Å². The van der Waals surface area contributed by atoms with E-state index in [9.17, 15) is 0 Å². The van der Waals surface area contributed by atoms with Crippen LogP contribution in [0.5, 0.6) is 0 Å². The molecule has 0 radical (unpaired) electrons. The van der Waals surface area contributed by atoms with Crippen LogP contribution in [0.3, 0.4) is 0 Å². The van der Waals surface area contributed by atoms with Crippen molar-refractivity contribution in [2.45, 2.75) is 111 Å². The lowest BCUT2D eigenvalue weighted by atomic mass is 10.1. The summed E-state index contributed by atoms with van der Waals surface area (Å²) in [5, 5.41) is 0. The van der Waals surface area contributed by atoms with Gasteiger partial charge in [0.1, 0.15) is 0 Å². The Bertz CT molecular complexity index is 242. The molecule has 0 heterocycles. The van der Waals surface area contributed by atoms with Crippen LogP contribution in [0.25, 0.3) is 0 Å². The van der Waals surface area contributed by atoms with Crippen molar-refractivity contribution in [2.75, 3.05) is 18.5 Å². The molecule has 0 atom stereocenters. The zero-order valence-electron chi connectivity index (χ0n) is 15.9. The van der Waals surface area contributed by atoms with Gasteiger partial charge in [-0.15, -0.1) is 0 Å². The Balaban J connectivity index is 3.87. The van der Waals surface area contributed by atoms with Crippen molar-refractivity contribution >= 4 is 17.8 Å². The Kier molecular flexibility index (Phi) is 17.0. The molecule has 22 heavy (non-hydrogen) atoms. The predicted octanol–water partition coefficient (Wildman–Crippen LogP) is 7.99. The van der Waals surface area contributed by atoms with E-state index >= 15 is 0 Å². The maximum absolute atomic E-state index is 6.18. The Morgan fingerprint density at radius 1 is 0.455 bits per heavy atom. The monoisotopic (exact) mass is 346 g/mol. The Labute approximate surface area is 147 Å². The van der Waals surface area contributed by atoms with E-state index in [1.54, 1.807) is 0 Å². The van der Waals surface area contributed by atoms with E-state index < -0.39 is 6.04 Å². The number of unbranched alkanes of at least 4 members (excludes halogenated alkanes) is 11. The molecule has 0 bridgehead atoms. The minimum Gasteiger partial charge on any atom is -0.0975 e. The topological polar surface area (TPSA) is 0 Å². The lowest BCUT2D eigenvalue weighted by Gasteiger charge is -2.22. The van der Waals surface area contributed by atoms with Gasteiger partial charge < -0.3 is 0 Å². The SMILES string of the molecule is CCCCCCCCP(=S)(CCCC)CCCCCCCC. The first-order valence-corrected chi connectivity index (χ1v) is 13.6. The molecule has 0 aromatic rings. The Hall–Kier alpha value is 0.650. The van der Waals surface area contributed by atoms with Gasteiger partial charge in [-0.05, 0) is 43.8 Å². The summed E-state index contributed by atoms with van der Waals surface area (Å²) in [6.45, 7) is 6.91. The lowest BCUT2D eigenvalue weighted by molar-refractivity contribution is 0.621. The second kappa shape index (κ2) is 16.5. The van der Waals surface area contributed by atoms with Gasteiger partial charge in [0.25, 0.3) is 0 Å². The first kappa shape index (κ1) is 22.6. The third-order valence-electron chi connectivity index (χ3n) is 4.76. The van der Waals surface area contributed by atoms with Crippen LogP contribution in [0.2, 0.25) is 0 Å². The van der Waals surface area contributed by atoms with Crippen LogP contribution in [0.15, 0.2) is 0 Å². The molecular formula is C20H43PS. The summed E-state index contributed by atoms with van der Waals surface area (Å²) >= 11 is 6.18. The first-order chi connectivity index (χ1) is 10.7. The van der Waals surface area contributed by atoms with E-state index in [0.717, 1.165) is 0 Å². The highest BCUT2D eigenvalue weighted by atomic mass is 32.4. The van der Waals surface area contributed by atoms with Crippen molar-refractivity contribution in [1.29, 1.82) is 0 Å². The average Bonchev–Trinajstić information content (AvgIpc) is 2.52. The highest BCUT2D eigenvalue weighted by molar-refractivity contribution is 8.14. The molecule has 0 amide bonds. The van der Waals surface area contributed by atoms with E-state index in [-0.39, 0.29) is 0 Å². The highest BCUT2D eigenvalue weighted by Crippen LogP contribution is 2.48. The molecular weight excluding hydrogens is 303 g/mol. The van der Waals surface area contributed by atoms with Crippen LogP contribution in [-0.2, 0) is 11.8 Å².